The van der Waals surface area contributed by atoms with E-state index in [1.54, 1.807) is 18.1 Å². The molecule has 36 heavy (non-hydrogen) atoms. The lowest BCUT2D eigenvalue weighted by Gasteiger charge is -2.24. The monoisotopic (exact) mass is 500 g/mol. The van der Waals surface area contributed by atoms with Gasteiger partial charge in [-0.05, 0) is 66.8 Å². The molecule has 0 N–H and O–H groups in total. The molecule has 4 nitrogen and oxygen atoms in total. The van der Waals surface area contributed by atoms with E-state index < -0.39 is 11.7 Å². The minimum atomic E-state index is -4.38. The molecule has 0 aliphatic carbocycles. The number of carbonyl (C=O) groups is 1. The summed E-state index contributed by atoms with van der Waals surface area (Å²) in [7, 11) is 1.63. The minimum absolute atomic E-state index is 0.0713. The average Bonchev–Trinajstić information content (AvgIpc) is 3.29. The highest BCUT2D eigenvalue weighted by Crippen LogP contribution is 2.29. The number of nitrogens with zero attached hydrogens (tertiary/aromatic N) is 2. The molecule has 0 atom stereocenters. The zero-order valence-corrected chi connectivity index (χ0v) is 21.1. The predicted octanol–water partition coefficient (Wildman–Crippen LogP) is 6.97. The molecule has 1 aromatic heterocycles. The number of unbranched alkanes of at least 4 members (excludes halogenated alkanes) is 2. The van der Waals surface area contributed by atoms with Crippen LogP contribution in [0.15, 0.2) is 66.9 Å². The van der Waals surface area contributed by atoms with Crippen molar-refractivity contribution >= 4 is 5.91 Å². The second-order valence-corrected chi connectivity index (χ2v) is 9.05. The standard InChI is InChI=1S/C29H35F3N2O2/c1-3-4-5-9-23-13-15-25(16-14-23)28(35)34(18-8-19-36-2)22-27-12-7-17-33(27)21-24-10-6-11-26(20-24)29(30,31)32/h6-7,10-17,20H,3-5,8-9,18-19,21-22H2,1-2H3. The number of methoxy groups -OCH3 is 1. The number of rotatable bonds is 13. The summed E-state index contributed by atoms with van der Waals surface area (Å²) < 4.78 is 46.5. The molecule has 1 amide bonds. The Morgan fingerprint density at radius 3 is 2.44 bits per heavy atom. The number of alkyl halides is 3. The van der Waals surface area contributed by atoms with E-state index >= 15 is 0 Å². The molecule has 0 aliphatic rings. The molecule has 7 heteroatoms. The lowest BCUT2D eigenvalue weighted by molar-refractivity contribution is -0.137. The van der Waals surface area contributed by atoms with Gasteiger partial charge in [-0.25, -0.2) is 0 Å². The van der Waals surface area contributed by atoms with Gasteiger partial charge in [0.05, 0.1) is 12.1 Å². The van der Waals surface area contributed by atoms with Crippen LogP contribution >= 0.6 is 0 Å². The second kappa shape index (κ2) is 13.3. The molecule has 3 rings (SSSR count). The molecule has 3 aromatic rings. The van der Waals surface area contributed by atoms with Crippen molar-refractivity contribution < 1.29 is 22.7 Å². The number of amides is 1. The number of hydrogen-bond donors (Lipinski definition) is 0. The van der Waals surface area contributed by atoms with E-state index in [2.05, 4.69) is 6.92 Å². The van der Waals surface area contributed by atoms with Crippen LogP contribution in [-0.4, -0.2) is 35.6 Å². The van der Waals surface area contributed by atoms with Crippen LogP contribution in [0.1, 0.15) is 65.3 Å². The van der Waals surface area contributed by atoms with Crippen LogP contribution < -0.4 is 0 Å². The fraction of sp³-hybridized carbons (Fsp3) is 0.414. The van der Waals surface area contributed by atoms with Crippen molar-refractivity contribution in [2.75, 3.05) is 20.3 Å². The maximum absolute atomic E-state index is 13.4. The largest absolute Gasteiger partial charge is 0.416 e. The van der Waals surface area contributed by atoms with Crippen molar-refractivity contribution in [1.82, 2.24) is 9.47 Å². The van der Waals surface area contributed by atoms with E-state index in [1.165, 1.54) is 30.5 Å². The van der Waals surface area contributed by atoms with Crippen LogP contribution in [0, 0.1) is 0 Å². The molecule has 194 valence electrons. The molecule has 1 heterocycles. The first-order valence-corrected chi connectivity index (χ1v) is 12.5. The summed E-state index contributed by atoms with van der Waals surface area (Å²) in [5.74, 6) is -0.0713. The SMILES string of the molecule is CCCCCc1ccc(C(=O)N(CCCOC)Cc2cccn2Cc2cccc(C(F)(F)F)c2)cc1. The summed E-state index contributed by atoms with van der Waals surface area (Å²) in [6, 6.07) is 16.9. The number of benzene rings is 2. The van der Waals surface area contributed by atoms with Gasteiger partial charge in [0.25, 0.3) is 5.91 Å². The Hall–Kier alpha value is -3.06. The fourth-order valence-electron chi connectivity index (χ4n) is 4.21. The number of ether oxygens (including phenoxy) is 1. The Morgan fingerprint density at radius 2 is 1.75 bits per heavy atom. The van der Waals surface area contributed by atoms with Crippen molar-refractivity contribution in [3.8, 4) is 0 Å². The highest BCUT2D eigenvalue weighted by atomic mass is 19.4. The Morgan fingerprint density at radius 1 is 0.972 bits per heavy atom. The first-order valence-electron chi connectivity index (χ1n) is 12.5. The molecule has 0 radical (unpaired) electrons. The van der Waals surface area contributed by atoms with Gasteiger partial charge >= 0.3 is 6.18 Å². The number of aryl methyl sites for hydroxylation is 1. The molecule has 0 bridgehead atoms. The van der Waals surface area contributed by atoms with Gasteiger partial charge in [0.2, 0.25) is 0 Å². The molecule has 0 spiro atoms. The van der Waals surface area contributed by atoms with Crippen molar-refractivity contribution in [2.24, 2.45) is 0 Å². The molecule has 0 aliphatic heterocycles. The average molecular weight is 501 g/mol. The lowest BCUT2D eigenvalue weighted by Crippen LogP contribution is -2.33. The topological polar surface area (TPSA) is 34.5 Å². The number of aromatic nitrogens is 1. The summed E-state index contributed by atoms with van der Waals surface area (Å²) in [6.07, 6.45) is 2.63. The second-order valence-electron chi connectivity index (χ2n) is 9.05. The third-order valence-corrected chi connectivity index (χ3v) is 6.22. The smallest absolute Gasteiger partial charge is 0.385 e. The number of hydrogen-bond acceptors (Lipinski definition) is 2. The summed E-state index contributed by atoms with van der Waals surface area (Å²) in [4.78, 5) is 15.2. The molecule has 2 aromatic carbocycles. The Balaban J connectivity index is 1.75. The molecular weight excluding hydrogens is 465 g/mol. The van der Waals surface area contributed by atoms with Crippen LogP contribution in [0.2, 0.25) is 0 Å². The van der Waals surface area contributed by atoms with Crippen molar-refractivity contribution in [2.45, 2.75) is 58.3 Å². The normalized spacial score (nSPS) is 11.6. The minimum Gasteiger partial charge on any atom is -0.385 e. The maximum Gasteiger partial charge on any atom is 0.416 e. The van der Waals surface area contributed by atoms with Gasteiger partial charge in [-0.1, -0.05) is 44.0 Å². The van der Waals surface area contributed by atoms with Crippen molar-refractivity contribution in [3.05, 3.63) is 94.8 Å². The number of halogens is 3. The fourth-order valence-corrected chi connectivity index (χ4v) is 4.21. The van der Waals surface area contributed by atoms with Gasteiger partial charge in [0, 0.05) is 44.3 Å². The van der Waals surface area contributed by atoms with Crippen LogP contribution in [0.4, 0.5) is 13.2 Å². The molecule has 0 saturated heterocycles. The molecule has 0 fully saturated rings. The molecular formula is C29H35F3N2O2. The molecule has 0 unspecified atom stereocenters. The van der Waals surface area contributed by atoms with E-state index in [4.69, 9.17) is 4.74 Å². The Kier molecular flexibility index (Phi) is 10.2. The zero-order valence-electron chi connectivity index (χ0n) is 21.1. The maximum atomic E-state index is 13.4. The molecule has 0 saturated carbocycles. The van der Waals surface area contributed by atoms with Crippen molar-refractivity contribution in [1.29, 1.82) is 0 Å². The van der Waals surface area contributed by atoms with Gasteiger partial charge in [-0.15, -0.1) is 0 Å². The first kappa shape index (κ1) is 27.5. The third-order valence-electron chi connectivity index (χ3n) is 6.22. The van der Waals surface area contributed by atoms with Gasteiger partial charge in [-0.2, -0.15) is 13.2 Å². The lowest BCUT2D eigenvalue weighted by atomic mass is 10.0. The van der Waals surface area contributed by atoms with E-state index in [-0.39, 0.29) is 5.91 Å². The summed E-state index contributed by atoms with van der Waals surface area (Å²) >= 11 is 0. The van der Waals surface area contributed by atoms with Gasteiger partial charge < -0.3 is 14.2 Å². The quantitative estimate of drug-likeness (QED) is 0.238. The zero-order chi connectivity index (χ0) is 26.0. The third kappa shape index (κ3) is 7.98. The number of carbonyl (C=O) groups excluding carboxylic acids is 1. The predicted molar refractivity (Wildman–Crippen MR) is 136 cm³/mol. The van der Waals surface area contributed by atoms with Crippen LogP contribution in [0.3, 0.4) is 0 Å². The van der Waals surface area contributed by atoms with Gasteiger partial charge in [0.15, 0.2) is 0 Å². The highest BCUT2D eigenvalue weighted by Gasteiger charge is 2.30. The van der Waals surface area contributed by atoms with Crippen LogP contribution in [-0.2, 0) is 30.4 Å². The van der Waals surface area contributed by atoms with Gasteiger partial charge in [-0.3, -0.25) is 4.79 Å². The first-order chi connectivity index (χ1) is 17.3. The highest BCUT2D eigenvalue weighted by molar-refractivity contribution is 5.94. The summed E-state index contributed by atoms with van der Waals surface area (Å²) in [5, 5.41) is 0. The van der Waals surface area contributed by atoms with Crippen molar-refractivity contribution in [3.63, 3.8) is 0 Å². The summed E-state index contributed by atoms with van der Waals surface area (Å²) in [5.41, 5.74) is 2.60. The van der Waals surface area contributed by atoms with E-state index in [0.717, 1.165) is 24.6 Å². The van der Waals surface area contributed by atoms with Crippen LogP contribution in [0.25, 0.3) is 0 Å². The van der Waals surface area contributed by atoms with Crippen LogP contribution in [0.5, 0.6) is 0 Å². The van der Waals surface area contributed by atoms with E-state index in [1.807, 2.05) is 47.2 Å². The van der Waals surface area contributed by atoms with E-state index in [9.17, 15) is 18.0 Å². The van der Waals surface area contributed by atoms with E-state index in [0.29, 0.717) is 43.8 Å². The van der Waals surface area contributed by atoms with Gasteiger partial charge in [0.1, 0.15) is 0 Å². The Labute approximate surface area is 211 Å². The summed E-state index contributed by atoms with van der Waals surface area (Å²) in [6.45, 7) is 3.87. The Bertz CT molecular complexity index is 1090.